The maximum atomic E-state index is 13.1. The molecule has 0 bridgehead atoms. The molecule has 2 aromatic rings. The number of rotatable bonds is 6. The Morgan fingerprint density at radius 3 is 2.62 bits per heavy atom. The quantitative estimate of drug-likeness (QED) is 0.570. The van der Waals surface area contributed by atoms with Gasteiger partial charge in [0.1, 0.15) is 5.60 Å². The summed E-state index contributed by atoms with van der Waals surface area (Å²) in [5.41, 5.74) is 3.99. The molecule has 2 saturated heterocycles. The maximum absolute atomic E-state index is 13.1. The van der Waals surface area contributed by atoms with Crippen molar-refractivity contribution >= 4 is 23.3 Å². The van der Waals surface area contributed by atoms with E-state index < -0.39 is 5.60 Å². The highest BCUT2D eigenvalue weighted by Gasteiger charge is 2.43. The van der Waals surface area contributed by atoms with E-state index >= 15 is 0 Å². The standard InChI is InChI=1S/C27H34ClN3O3/c1-18-6-7-21(15-29-18)25(32)14-22-12-24(28)13-23(20(22)3)17-30-9-10-31(19(2)16-30)26(33)27(4)8-5-11-34-27/h6-7,12-13,15,19H,5,8-11,14,16-17H2,1-4H3/t19-,27-/m0/s1. The molecule has 0 radical (unpaired) electrons. The second-order valence-electron chi connectivity index (χ2n) is 9.90. The number of carbonyl (C=O) groups excluding carboxylic acids is 2. The van der Waals surface area contributed by atoms with Crippen LogP contribution in [0.3, 0.4) is 0 Å². The minimum Gasteiger partial charge on any atom is -0.365 e. The number of hydrogen-bond donors (Lipinski definition) is 0. The summed E-state index contributed by atoms with van der Waals surface area (Å²) in [6, 6.07) is 7.67. The summed E-state index contributed by atoms with van der Waals surface area (Å²) in [5.74, 6) is 0.148. The highest BCUT2D eigenvalue weighted by molar-refractivity contribution is 6.30. The van der Waals surface area contributed by atoms with Crippen LogP contribution in [0.4, 0.5) is 0 Å². The molecule has 3 heterocycles. The topological polar surface area (TPSA) is 62.7 Å². The van der Waals surface area contributed by atoms with Crippen LogP contribution in [0.2, 0.25) is 5.02 Å². The zero-order chi connectivity index (χ0) is 24.5. The molecule has 6 nitrogen and oxygen atoms in total. The second kappa shape index (κ2) is 10.1. The van der Waals surface area contributed by atoms with Crippen molar-refractivity contribution in [2.45, 2.75) is 65.1 Å². The number of hydrogen-bond acceptors (Lipinski definition) is 5. The van der Waals surface area contributed by atoms with Crippen molar-refractivity contribution in [3.05, 3.63) is 63.4 Å². The monoisotopic (exact) mass is 483 g/mol. The zero-order valence-corrected chi connectivity index (χ0v) is 21.3. The molecule has 0 spiro atoms. The first kappa shape index (κ1) is 24.8. The predicted octanol–water partition coefficient (Wildman–Crippen LogP) is 4.38. The molecule has 0 N–H and O–H groups in total. The van der Waals surface area contributed by atoms with Crippen molar-refractivity contribution in [2.75, 3.05) is 26.2 Å². The Kier molecular flexibility index (Phi) is 7.41. The minimum atomic E-state index is -0.672. The van der Waals surface area contributed by atoms with E-state index in [0.717, 1.165) is 54.9 Å². The van der Waals surface area contributed by atoms with Crippen molar-refractivity contribution in [3.63, 3.8) is 0 Å². The van der Waals surface area contributed by atoms with E-state index in [2.05, 4.69) is 23.7 Å². The molecule has 2 aliphatic heterocycles. The molecule has 2 aliphatic rings. The van der Waals surface area contributed by atoms with Gasteiger partial charge in [0.15, 0.2) is 5.78 Å². The van der Waals surface area contributed by atoms with Gasteiger partial charge in [0.05, 0.1) is 0 Å². The largest absolute Gasteiger partial charge is 0.365 e. The van der Waals surface area contributed by atoms with Gasteiger partial charge in [-0.3, -0.25) is 19.5 Å². The van der Waals surface area contributed by atoms with E-state index in [1.165, 1.54) is 0 Å². The van der Waals surface area contributed by atoms with E-state index in [9.17, 15) is 9.59 Å². The number of Topliss-reactive ketones (excluding diaryl/α,β-unsaturated/α-hetero) is 1. The fraction of sp³-hybridized carbons (Fsp3) is 0.519. The number of pyridine rings is 1. The van der Waals surface area contributed by atoms with E-state index in [0.29, 0.717) is 30.2 Å². The smallest absolute Gasteiger partial charge is 0.254 e. The summed E-state index contributed by atoms with van der Waals surface area (Å²) in [6.45, 7) is 11.7. The first-order valence-corrected chi connectivity index (χ1v) is 12.5. The van der Waals surface area contributed by atoms with Crippen molar-refractivity contribution in [3.8, 4) is 0 Å². The summed E-state index contributed by atoms with van der Waals surface area (Å²) >= 11 is 6.46. The van der Waals surface area contributed by atoms with E-state index in [1.54, 1.807) is 6.20 Å². The molecular weight excluding hydrogens is 450 g/mol. The number of ether oxygens (including phenoxy) is 1. The molecule has 1 aromatic carbocycles. The van der Waals surface area contributed by atoms with Crippen molar-refractivity contribution in [1.82, 2.24) is 14.8 Å². The highest BCUT2D eigenvalue weighted by Crippen LogP contribution is 2.30. The lowest BCUT2D eigenvalue weighted by Gasteiger charge is -2.42. The Balaban J connectivity index is 1.43. The van der Waals surface area contributed by atoms with Gasteiger partial charge in [-0.2, -0.15) is 0 Å². The Labute approximate surface area is 207 Å². The number of amides is 1. The number of aryl methyl sites for hydroxylation is 1. The fourth-order valence-corrected chi connectivity index (χ4v) is 5.29. The fourth-order valence-electron chi connectivity index (χ4n) is 5.02. The average Bonchev–Trinajstić information content (AvgIpc) is 3.25. The third-order valence-corrected chi connectivity index (χ3v) is 7.43. The van der Waals surface area contributed by atoms with Gasteiger partial charge in [-0.15, -0.1) is 0 Å². The van der Waals surface area contributed by atoms with Crippen molar-refractivity contribution in [1.29, 1.82) is 0 Å². The Morgan fingerprint density at radius 2 is 1.97 bits per heavy atom. The summed E-state index contributed by atoms with van der Waals surface area (Å²) < 4.78 is 5.79. The van der Waals surface area contributed by atoms with Gasteiger partial charge in [0.2, 0.25) is 0 Å². The van der Waals surface area contributed by atoms with Gasteiger partial charge >= 0.3 is 0 Å². The van der Waals surface area contributed by atoms with Crippen LogP contribution in [0.25, 0.3) is 0 Å². The molecule has 2 atom stereocenters. The van der Waals surface area contributed by atoms with Crippen LogP contribution < -0.4 is 0 Å². The van der Waals surface area contributed by atoms with Crippen LogP contribution in [0.15, 0.2) is 30.5 Å². The van der Waals surface area contributed by atoms with Crippen LogP contribution in [0.5, 0.6) is 0 Å². The molecule has 0 aliphatic carbocycles. The van der Waals surface area contributed by atoms with Gasteiger partial charge in [0, 0.05) is 67.7 Å². The van der Waals surface area contributed by atoms with Crippen LogP contribution in [-0.2, 0) is 22.5 Å². The molecule has 2 fully saturated rings. The molecule has 0 unspecified atom stereocenters. The molecule has 0 saturated carbocycles. The third kappa shape index (κ3) is 5.35. The number of aromatic nitrogens is 1. The lowest BCUT2D eigenvalue weighted by Crippen LogP contribution is -2.58. The van der Waals surface area contributed by atoms with Crippen LogP contribution in [0.1, 0.15) is 59.4 Å². The molecule has 182 valence electrons. The van der Waals surface area contributed by atoms with Gasteiger partial charge in [0.25, 0.3) is 5.91 Å². The lowest BCUT2D eigenvalue weighted by molar-refractivity contribution is -0.155. The number of benzene rings is 1. The molecular formula is C27H34ClN3O3. The highest BCUT2D eigenvalue weighted by atomic mass is 35.5. The van der Waals surface area contributed by atoms with E-state index in [4.69, 9.17) is 16.3 Å². The second-order valence-corrected chi connectivity index (χ2v) is 10.3. The Bertz CT molecular complexity index is 1060. The summed E-state index contributed by atoms with van der Waals surface area (Å²) in [5, 5.41) is 0.638. The third-order valence-electron chi connectivity index (χ3n) is 7.21. The number of carbonyl (C=O) groups is 2. The van der Waals surface area contributed by atoms with Gasteiger partial charge < -0.3 is 9.64 Å². The molecule has 1 amide bonds. The lowest BCUT2D eigenvalue weighted by atomic mass is 9.95. The first-order valence-electron chi connectivity index (χ1n) is 12.1. The van der Waals surface area contributed by atoms with E-state index in [1.807, 2.05) is 43.0 Å². The summed E-state index contributed by atoms with van der Waals surface area (Å²) in [7, 11) is 0. The maximum Gasteiger partial charge on any atom is 0.254 e. The summed E-state index contributed by atoms with van der Waals surface area (Å²) in [6.07, 6.45) is 3.66. The van der Waals surface area contributed by atoms with Crippen LogP contribution in [0, 0.1) is 13.8 Å². The van der Waals surface area contributed by atoms with Crippen molar-refractivity contribution < 1.29 is 14.3 Å². The summed E-state index contributed by atoms with van der Waals surface area (Å²) in [4.78, 5) is 34.5. The predicted molar refractivity (Wildman–Crippen MR) is 133 cm³/mol. The zero-order valence-electron chi connectivity index (χ0n) is 20.6. The number of halogens is 1. The SMILES string of the molecule is Cc1ccc(C(=O)Cc2cc(Cl)cc(CN3CCN(C(=O)[C@]4(C)CCCO4)[C@@H](C)C3)c2C)cn1. The number of nitrogens with zero attached hydrogens (tertiary/aromatic N) is 3. The van der Waals surface area contributed by atoms with E-state index in [-0.39, 0.29) is 17.7 Å². The average molecular weight is 484 g/mol. The van der Waals surface area contributed by atoms with Crippen LogP contribution in [-0.4, -0.2) is 64.4 Å². The minimum absolute atomic E-state index is 0.0344. The molecule has 4 rings (SSSR count). The number of piperazine rings is 1. The van der Waals surface area contributed by atoms with Crippen molar-refractivity contribution in [2.24, 2.45) is 0 Å². The molecule has 7 heteroatoms. The van der Waals surface area contributed by atoms with Gasteiger partial charge in [-0.25, -0.2) is 0 Å². The first-order chi connectivity index (χ1) is 16.2. The number of ketones is 1. The normalized spacial score (nSPS) is 23.3. The molecule has 1 aromatic heterocycles. The Hall–Kier alpha value is -2.28. The Morgan fingerprint density at radius 1 is 1.21 bits per heavy atom. The molecule has 34 heavy (non-hydrogen) atoms. The van der Waals surface area contributed by atoms with Gasteiger partial charge in [-0.1, -0.05) is 11.6 Å². The van der Waals surface area contributed by atoms with Gasteiger partial charge in [-0.05, 0) is 81.5 Å². The van der Waals surface area contributed by atoms with Crippen LogP contribution >= 0.6 is 11.6 Å².